The molecule has 3 nitrogen and oxygen atoms in total. The Kier molecular flexibility index (Phi) is 6.07. The van der Waals surface area contributed by atoms with Crippen molar-refractivity contribution in [2.24, 2.45) is 0 Å². The number of carbonyl (C=O) groups excluding carboxylic acids is 1. The first kappa shape index (κ1) is 14.1. The van der Waals surface area contributed by atoms with Crippen LogP contribution in [0.5, 0.6) is 0 Å². The maximum absolute atomic E-state index is 12.2. The molecule has 0 atom stereocenters. The van der Waals surface area contributed by atoms with Gasteiger partial charge in [0.05, 0.1) is 13.2 Å². The number of aliphatic hydroxyl groups is 1. The van der Waals surface area contributed by atoms with Gasteiger partial charge in [-0.25, -0.2) is 8.78 Å². The van der Waals surface area contributed by atoms with Crippen molar-refractivity contribution in [2.75, 3.05) is 19.7 Å². The number of carbonyl (C=O) groups is 1. The number of hydrogen-bond donors (Lipinski definition) is 1. The summed E-state index contributed by atoms with van der Waals surface area (Å²) in [4.78, 5) is 13.7. The highest BCUT2D eigenvalue weighted by atomic mass is 32.1. The first-order valence-corrected chi connectivity index (χ1v) is 6.20. The van der Waals surface area contributed by atoms with Gasteiger partial charge in [-0.05, 0) is 17.9 Å². The van der Waals surface area contributed by atoms with Crippen LogP contribution in [0.15, 0.2) is 17.5 Å². The summed E-state index contributed by atoms with van der Waals surface area (Å²) in [6.07, 6.45) is -1.80. The van der Waals surface area contributed by atoms with E-state index in [1.54, 1.807) is 0 Å². The number of nitrogens with zero attached hydrogens (tertiary/aromatic N) is 1. The quantitative estimate of drug-likeness (QED) is 0.814. The largest absolute Gasteiger partial charge is 0.395 e. The molecule has 0 aromatic carbocycles. The number of aryl methyl sites for hydroxylation is 1. The zero-order valence-electron chi connectivity index (χ0n) is 9.31. The fraction of sp³-hybridized carbons (Fsp3) is 0.545. The number of thiophene rings is 1. The summed E-state index contributed by atoms with van der Waals surface area (Å²) < 4.78 is 24.4. The van der Waals surface area contributed by atoms with E-state index in [-0.39, 0.29) is 25.5 Å². The van der Waals surface area contributed by atoms with Gasteiger partial charge in [0, 0.05) is 17.8 Å². The summed E-state index contributed by atoms with van der Waals surface area (Å²) in [5.41, 5.74) is 0. The van der Waals surface area contributed by atoms with Gasteiger partial charge >= 0.3 is 0 Å². The van der Waals surface area contributed by atoms with Crippen LogP contribution >= 0.6 is 11.3 Å². The molecule has 0 aliphatic rings. The average molecular weight is 263 g/mol. The highest BCUT2D eigenvalue weighted by Crippen LogP contribution is 2.12. The van der Waals surface area contributed by atoms with E-state index >= 15 is 0 Å². The number of halogens is 2. The van der Waals surface area contributed by atoms with E-state index in [0.717, 1.165) is 9.78 Å². The molecule has 1 aromatic rings. The summed E-state index contributed by atoms with van der Waals surface area (Å²) in [6.45, 7) is -0.936. The summed E-state index contributed by atoms with van der Waals surface area (Å²) >= 11 is 1.54. The molecule has 0 bridgehead atoms. The molecule has 1 rings (SSSR count). The van der Waals surface area contributed by atoms with Crippen molar-refractivity contribution in [3.8, 4) is 0 Å². The van der Waals surface area contributed by atoms with Gasteiger partial charge in [0.2, 0.25) is 5.91 Å². The lowest BCUT2D eigenvalue weighted by atomic mass is 10.2. The van der Waals surface area contributed by atoms with Crippen molar-refractivity contribution < 1.29 is 18.7 Å². The van der Waals surface area contributed by atoms with E-state index in [2.05, 4.69) is 0 Å². The number of amides is 1. The molecule has 0 aliphatic heterocycles. The van der Waals surface area contributed by atoms with E-state index in [9.17, 15) is 13.6 Å². The zero-order chi connectivity index (χ0) is 12.7. The van der Waals surface area contributed by atoms with E-state index < -0.39 is 13.0 Å². The molecular formula is C11H15F2NO2S. The molecule has 0 aliphatic carbocycles. The van der Waals surface area contributed by atoms with Gasteiger partial charge in [-0.15, -0.1) is 11.3 Å². The van der Waals surface area contributed by atoms with Crippen LogP contribution in [0, 0.1) is 0 Å². The third-order valence-corrected chi connectivity index (χ3v) is 3.18. The molecule has 0 saturated carbocycles. The molecule has 0 fully saturated rings. The SMILES string of the molecule is O=C(CCc1cccs1)N(CCO)CC(F)F. The second-order valence-corrected chi connectivity index (χ2v) is 4.57. The topological polar surface area (TPSA) is 40.5 Å². The molecule has 0 saturated heterocycles. The van der Waals surface area contributed by atoms with Crippen LogP contribution < -0.4 is 0 Å². The van der Waals surface area contributed by atoms with Crippen LogP contribution in [0.4, 0.5) is 8.78 Å². The minimum atomic E-state index is -2.56. The van der Waals surface area contributed by atoms with E-state index in [1.165, 1.54) is 11.3 Å². The van der Waals surface area contributed by atoms with Crippen LogP contribution in [0.3, 0.4) is 0 Å². The lowest BCUT2D eigenvalue weighted by molar-refractivity contribution is -0.133. The first-order valence-electron chi connectivity index (χ1n) is 5.32. The maximum Gasteiger partial charge on any atom is 0.255 e. The molecule has 1 heterocycles. The molecule has 96 valence electrons. The second kappa shape index (κ2) is 7.34. The first-order chi connectivity index (χ1) is 8.13. The minimum Gasteiger partial charge on any atom is -0.395 e. The Hall–Kier alpha value is -1.01. The summed E-state index contributed by atoms with van der Waals surface area (Å²) in [5, 5.41) is 10.6. The molecule has 6 heteroatoms. The van der Waals surface area contributed by atoms with Crippen molar-refractivity contribution in [2.45, 2.75) is 19.3 Å². The van der Waals surface area contributed by atoms with Crippen molar-refractivity contribution >= 4 is 17.2 Å². The van der Waals surface area contributed by atoms with Crippen LogP contribution in [0.25, 0.3) is 0 Å². The Labute approximate surface area is 103 Å². The fourth-order valence-electron chi connectivity index (χ4n) is 1.45. The van der Waals surface area contributed by atoms with Gasteiger partial charge in [0.1, 0.15) is 0 Å². The van der Waals surface area contributed by atoms with Crippen LogP contribution in [0.2, 0.25) is 0 Å². The van der Waals surface area contributed by atoms with Crippen molar-refractivity contribution in [3.05, 3.63) is 22.4 Å². The highest BCUT2D eigenvalue weighted by Gasteiger charge is 2.17. The number of alkyl halides is 2. The van der Waals surface area contributed by atoms with E-state index in [0.29, 0.717) is 6.42 Å². The number of aliphatic hydroxyl groups excluding tert-OH is 1. The molecule has 0 radical (unpaired) electrons. The van der Waals surface area contributed by atoms with Crippen LogP contribution in [-0.4, -0.2) is 42.0 Å². The Balaban J connectivity index is 2.41. The predicted octanol–water partition coefficient (Wildman–Crippen LogP) is 1.77. The van der Waals surface area contributed by atoms with E-state index in [1.807, 2.05) is 17.5 Å². The predicted molar refractivity (Wildman–Crippen MR) is 62.3 cm³/mol. The second-order valence-electron chi connectivity index (χ2n) is 3.53. The van der Waals surface area contributed by atoms with Gasteiger partial charge in [0.15, 0.2) is 0 Å². The fourth-order valence-corrected chi connectivity index (χ4v) is 2.16. The molecule has 1 amide bonds. The summed E-state index contributed by atoms with van der Waals surface area (Å²) in [7, 11) is 0. The van der Waals surface area contributed by atoms with Crippen LogP contribution in [-0.2, 0) is 11.2 Å². The molecule has 0 unspecified atom stereocenters. The van der Waals surface area contributed by atoms with Crippen LogP contribution in [0.1, 0.15) is 11.3 Å². The third kappa shape index (κ3) is 5.23. The maximum atomic E-state index is 12.2. The standard InChI is InChI=1S/C11H15F2NO2S/c12-10(13)8-14(5-6-15)11(16)4-3-9-2-1-7-17-9/h1-2,7,10,15H,3-6,8H2. The lowest BCUT2D eigenvalue weighted by Crippen LogP contribution is -2.37. The van der Waals surface area contributed by atoms with Gasteiger partial charge < -0.3 is 10.0 Å². The van der Waals surface area contributed by atoms with E-state index in [4.69, 9.17) is 5.11 Å². The molecule has 0 spiro atoms. The number of rotatable bonds is 7. The molecule has 1 aromatic heterocycles. The molecule has 17 heavy (non-hydrogen) atoms. The summed E-state index contributed by atoms with van der Waals surface area (Å²) in [5.74, 6) is -0.340. The van der Waals surface area contributed by atoms with Crippen molar-refractivity contribution in [1.29, 1.82) is 0 Å². The van der Waals surface area contributed by atoms with Crippen molar-refractivity contribution in [3.63, 3.8) is 0 Å². The third-order valence-electron chi connectivity index (χ3n) is 2.25. The molecular weight excluding hydrogens is 248 g/mol. The normalized spacial score (nSPS) is 10.8. The van der Waals surface area contributed by atoms with Gasteiger partial charge in [-0.3, -0.25) is 4.79 Å². The zero-order valence-corrected chi connectivity index (χ0v) is 10.1. The van der Waals surface area contributed by atoms with Gasteiger partial charge in [-0.1, -0.05) is 6.07 Å². The average Bonchev–Trinajstić information content (AvgIpc) is 2.77. The lowest BCUT2D eigenvalue weighted by Gasteiger charge is -2.21. The molecule has 1 N–H and O–H groups in total. The number of hydrogen-bond acceptors (Lipinski definition) is 3. The Morgan fingerprint density at radius 2 is 2.29 bits per heavy atom. The van der Waals surface area contributed by atoms with Crippen molar-refractivity contribution in [1.82, 2.24) is 4.90 Å². The Morgan fingerprint density at radius 3 is 2.82 bits per heavy atom. The smallest absolute Gasteiger partial charge is 0.255 e. The highest BCUT2D eigenvalue weighted by molar-refractivity contribution is 7.09. The Bertz CT molecular complexity index is 330. The minimum absolute atomic E-state index is 0.0341. The monoisotopic (exact) mass is 263 g/mol. The van der Waals surface area contributed by atoms with Gasteiger partial charge in [-0.2, -0.15) is 0 Å². The Morgan fingerprint density at radius 1 is 1.53 bits per heavy atom. The van der Waals surface area contributed by atoms with Gasteiger partial charge in [0.25, 0.3) is 6.43 Å². The summed E-state index contributed by atoms with van der Waals surface area (Å²) in [6, 6.07) is 3.79.